The number of amides is 2. The summed E-state index contributed by atoms with van der Waals surface area (Å²) in [6.45, 7) is 1.86. The first-order valence-corrected chi connectivity index (χ1v) is 11.4. The third kappa shape index (κ3) is 5.03. The predicted molar refractivity (Wildman–Crippen MR) is 127 cm³/mol. The van der Waals surface area contributed by atoms with Crippen molar-refractivity contribution in [1.29, 1.82) is 0 Å². The molecule has 1 aliphatic heterocycles. The lowest BCUT2D eigenvalue weighted by Gasteiger charge is -2.23. The highest BCUT2D eigenvalue weighted by Crippen LogP contribution is 2.31. The number of aromatic amines is 1. The first-order valence-electron chi connectivity index (χ1n) is 10.1. The van der Waals surface area contributed by atoms with Gasteiger partial charge in [0.25, 0.3) is 5.56 Å². The Balaban J connectivity index is 1.52. The van der Waals surface area contributed by atoms with Gasteiger partial charge in [-0.25, -0.2) is 4.98 Å². The number of carbonyl (C=O) groups is 2. The number of thioether (sulfide) groups is 1. The summed E-state index contributed by atoms with van der Waals surface area (Å²) in [5.41, 5.74) is 2.29. The van der Waals surface area contributed by atoms with Gasteiger partial charge in [0.2, 0.25) is 11.8 Å². The molecule has 164 valence electrons. The second-order valence-corrected chi connectivity index (χ2v) is 8.97. The highest BCUT2D eigenvalue weighted by molar-refractivity contribution is 7.99. The highest BCUT2D eigenvalue weighted by Gasteiger charge is 2.34. The summed E-state index contributed by atoms with van der Waals surface area (Å²) in [5.74, 6) is -0.930. The van der Waals surface area contributed by atoms with Crippen LogP contribution < -0.4 is 16.2 Å². The number of nitrogens with one attached hydrogen (secondary N) is 3. The largest absolute Gasteiger partial charge is 0.325 e. The number of H-pyrrole nitrogens is 1. The zero-order valence-corrected chi connectivity index (χ0v) is 18.8. The Labute approximate surface area is 194 Å². The highest BCUT2D eigenvalue weighted by atomic mass is 35.5. The summed E-state index contributed by atoms with van der Waals surface area (Å²) in [6.07, 6.45) is 0.673. The molecule has 0 fully saturated rings. The summed E-state index contributed by atoms with van der Waals surface area (Å²) in [7, 11) is 0. The second kappa shape index (κ2) is 9.58. The van der Waals surface area contributed by atoms with Crippen molar-refractivity contribution >= 4 is 46.7 Å². The summed E-state index contributed by atoms with van der Waals surface area (Å²) < 4.78 is 0. The summed E-state index contributed by atoms with van der Waals surface area (Å²) in [4.78, 5) is 45.1. The van der Waals surface area contributed by atoms with Crippen molar-refractivity contribution in [3.63, 3.8) is 0 Å². The minimum absolute atomic E-state index is 0.134. The van der Waals surface area contributed by atoms with Crippen LogP contribution in [-0.2, 0) is 16.0 Å². The van der Waals surface area contributed by atoms with Crippen LogP contribution in [0, 0.1) is 6.92 Å². The molecule has 1 atom stereocenters. The van der Waals surface area contributed by atoms with Crippen LogP contribution in [0.15, 0.2) is 58.5 Å². The van der Waals surface area contributed by atoms with E-state index in [2.05, 4.69) is 20.6 Å². The van der Waals surface area contributed by atoms with Crippen LogP contribution >= 0.6 is 23.4 Å². The van der Waals surface area contributed by atoms with Crippen molar-refractivity contribution in [2.75, 3.05) is 16.4 Å². The number of halogens is 1. The van der Waals surface area contributed by atoms with E-state index in [4.69, 9.17) is 11.6 Å². The van der Waals surface area contributed by atoms with Gasteiger partial charge in [-0.2, -0.15) is 0 Å². The number of aryl methyl sites for hydroxylation is 2. The monoisotopic (exact) mass is 468 g/mol. The lowest BCUT2D eigenvalue weighted by Crippen LogP contribution is -2.36. The van der Waals surface area contributed by atoms with Gasteiger partial charge in [-0.1, -0.05) is 59.8 Å². The van der Waals surface area contributed by atoms with E-state index in [9.17, 15) is 14.4 Å². The summed E-state index contributed by atoms with van der Waals surface area (Å²) in [6, 6.07) is 15.1. The molecule has 3 N–H and O–H groups in total. The average molecular weight is 469 g/mol. The van der Waals surface area contributed by atoms with Crippen molar-refractivity contribution < 1.29 is 9.59 Å². The standard InChI is InChI=1S/C23H21ClN4O3S/c1-13-7-8-15(11-17(13)24)25-21(30)16-12-18(29)26-20-19(16)22(31)28-23(27-20)32-10-9-14-5-3-2-4-6-14/h2-8,11,16H,9-10,12H2,1H3,(H,25,30)(H2,26,27,28,29,31)/t16-/m1/s1. The molecule has 0 saturated carbocycles. The fraction of sp³-hybridized carbons (Fsp3) is 0.217. The molecule has 2 amide bonds. The van der Waals surface area contributed by atoms with Gasteiger partial charge in [-0.15, -0.1) is 0 Å². The van der Waals surface area contributed by atoms with Crippen molar-refractivity contribution in [2.24, 2.45) is 0 Å². The van der Waals surface area contributed by atoms with Crippen molar-refractivity contribution in [1.82, 2.24) is 9.97 Å². The lowest BCUT2D eigenvalue weighted by molar-refractivity contribution is -0.123. The molecular formula is C23H21ClN4O3S. The molecule has 9 heteroatoms. The van der Waals surface area contributed by atoms with Gasteiger partial charge in [-0.3, -0.25) is 14.4 Å². The van der Waals surface area contributed by atoms with Crippen LogP contribution in [0.3, 0.4) is 0 Å². The Morgan fingerprint density at radius 2 is 2.00 bits per heavy atom. The predicted octanol–water partition coefficient (Wildman–Crippen LogP) is 4.13. The molecule has 7 nitrogen and oxygen atoms in total. The van der Waals surface area contributed by atoms with Gasteiger partial charge in [-0.05, 0) is 36.6 Å². The Kier molecular flexibility index (Phi) is 6.62. The molecule has 1 aliphatic rings. The van der Waals surface area contributed by atoms with Gasteiger partial charge < -0.3 is 15.6 Å². The summed E-state index contributed by atoms with van der Waals surface area (Å²) in [5, 5.41) is 6.29. The molecular weight excluding hydrogens is 448 g/mol. The number of carbonyl (C=O) groups excluding carboxylic acids is 2. The Morgan fingerprint density at radius 3 is 2.75 bits per heavy atom. The number of anilines is 2. The van der Waals surface area contributed by atoms with E-state index in [0.717, 1.165) is 12.0 Å². The Bertz CT molecular complexity index is 1230. The van der Waals surface area contributed by atoms with Crippen LogP contribution in [0.25, 0.3) is 0 Å². The van der Waals surface area contributed by atoms with Gasteiger partial charge >= 0.3 is 0 Å². The molecule has 0 bridgehead atoms. The second-order valence-electron chi connectivity index (χ2n) is 7.48. The van der Waals surface area contributed by atoms with E-state index in [1.165, 1.54) is 17.3 Å². The van der Waals surface area contributed by atoms with E-state index in [-0.39, 0.29) is 23.7 Å². The maximum atomic E-state index is 12.9. The number of rotatable bonds is 6. The fourth-order valence-corrected chi connectivity index (χ4v) is 4.49. The first kappa shape index (κ1) is 22.1. The van der Waals surface area contributed by atoms with Crippen LogP contribution in [-0.4, -0.2) is 27.5 Å². The van der Waals surface area contributed by atoms with Gasteiger partial charge in [0.05, 0.1) is 11.5 Å². The van der Waals surface area contributed by atoms with Crippen molar-refractivity contribution in [3.05, 3.63) is 80.6 Å². The molecule has 0 saturated heterocycles. The molecule has 0 unspecified atom stereocenters. The number of hydrogen-bond acceptors (Lipinski definition) is 5. The minimum Gasteiger partial charge on any atom is -0.325 e. The summed E-state index contributed by atoms with van der Waals surface area (Å²) >= 11 is 7.51. The maximum Gasteiger partial charge on any atom is 0.257 e. The molecule has 2 aromatic carbocycles. The topological polar surface area (TPSA) is 104 Å². The van der Waals surface area contributed by atoms with Crippen LogP contribution in [0.5, 0.6) is 0 Å². The smallest absolute Gasteiger partial charge is 0.257 e. The normalized spacial score (nSPS) is 15.1. The molecule has 3 aromatic rings. The molecule has 32 heavy (non-hydrogen) atoms. The molecule has 4 rings (SSSR count). The average Bonchev–Trinajstić information content (AvgIpc) is 2.76. The van der Waals surface area contributed by atoms with Gasteiger partial charge in [0, 0.05) is 22.9 Å². The number of hydrogen-bond donors (Lipinski definition) is 3. The molecule has 1 aromatic heterocycles. The minimum atomic E-state index is -0.946. The third-order valence-corrected chi connectivity index (χ3v) is 6.44. The Morgan fingerprint density at radius 1 is 1.22 bits per heavy atom. The third-order valence-electron chi connectivity index (χ3n) is 5.16. The van der Waals surface area contributed by atoms with Gasteiger partial charge in [0.15, 0.2) is 5.16 Å². The molecule has 0 radical (unpaired) electrons. The Hall–Kier alpha value is -3.10. The van der Waals surface area contributed by atoms with E-state index >= 15 is 0 Å². The van der Waals surface area contributed by atoms with E-state index in [1.807, 2.05) is 37.3 Å². The number of aromatic nitrogens is 2. The van der Waals surface area contributed by atoms with Crippen molar-refractivity contribution in [2.45, 2.75) is 30.8 Å². The zero-order chi connectivity index (χ0) is 22.7. The zero-order valence-electron chi connectivity index (χ0n) is 17.3. The first-order chi connectivity index (χ1) is 15.4. The van der Waals surface area contributed by atoms with Gasteiger partial charge in [0.1, 0.15) is 5.82 Å². The number of nitrogens with zero attached hydrogens (tertiary/aromatic N) is 1. The van der Waals surface area contributed by atoms with Crippen LogP contribution in [0.1, 0.15) is 29.0 Å². The van der Waals surface area contributed by atoms with Crippen LogP contribution in [0.2, 0.25) is 5.02 Å². The van der Waals surface area contributed by atoms with E-state index < -0.39 is 17.4 Å². The quantitative estimate of drug-likeness (QED) is 0.372. The maximum absolute atomic E-state index is 12.9. The molecule has 2 heterocycles. The molecule has 0 aliphatic carbocycles. The molecule has 0 spiro atoms. The van der Waals surface area contributed by atoms with Crippen molar-refractivity contribution in [3.8, 4) is 0 Å². The van der Waals surface area contributed by atoms with Crippen LogP contribution in [0.4, 0.5) is 11.5 Å². The van der Waals surface area contributed by atoms with E-state index in [0.29, 0.717) is 21.6 Å². The van der Waals surface area contributed by atoms with E-state index in [1.54, 1.807) is 18.2 Å². The lowest BCUT2D eigenvalue weighted by atomic mass is 9.92. The number of fused-ring (bicyclic) bond motifs is 1. The SMILES string of the molecule is Cc1ccc(NC(=O)[C@@H]2CC(=O)Nc3nc(SCCc4ccccc4)[nH]c(=O)c32)cc1Cl. The fourth-order valence-electron chi connectivity index (χ4n) is 3.45. The number of benzene rings is 2.